The van der Waals surface area contributed by atoms with Crippen molar-refractivity contribution in [3.63, 3.8) is 0 Å². The summed E-state index contributed by atoms with van der Waals surface area (Å²) in [6, 6.07) is 1.16. The lowest BCUT2D eigenvalue weighted by atomic mass is 10.1. The molecule has 0 bridgehead atoms. The molecule has 5 heteroatoms. The number of aromatic nitrogens is 1. The molecule has 2 unspecified atom stereocenters. The van der Waals surface area contributed by atoms with Crippen LogP contribution in [-0.2, 0) is 6.42 Å². The Labute approximate surface area is 118 Å². The van der Waals surface area contributed by atoms with Crippen molar-refractivity contribution in [2.24, 2.45) is 0 Å². The number of thiazole rings is 1. The molecule has 2 heterocycles. The van der Waals surface area contributed by atoms with Gasteiger partial charge in [0.15, 0.2) is 0 Å². The smallest absolute Gasteiger partial charge is 0.0944 e. The number of hydrogen-bond acceptors (Lipinski definition) is 5. The lowest BCUT2D eigenvalue weighted by molar-refractivity contribution is 0.215. The quantitative estimate of drug-likeness (QED) is 0.896. The first kappa shape index (κ1) is 14.3. The highest BCUT2D eigenvalue weighted by Crippen LogP contribution is 2.21. The van der Waals surface area contributed by atoms with Gasteiger partial charge in [-0.1, -0.05) is 6.92 Å². The van der Waals surface area contributed by atoms with Crippen molar-refractivity contribution in [1.29, 1.82) is 0 Å². The van der Waals surface area contributed by atoms with E-state index in [0.29, 0.717) is 12.1 Å². The van der Waals surface area contributed by atoms with Gasteiger partial charge < -0.3 is 10.2 Å². The molecule has 1 aliphatic heterocycles. The second-order valence-electron chi connectivity index (χ2n) is 4.87. The van der Waals surface area contributed by atoms with E-state index in [0.717, 1.165) is 18.7 Å². The molecule has 2 rings (SSSR count). The molecule has 0 aliphatic carbocycles. The Morgan fingerprint density at radius 1 is 1.61 bits per heavy atom. The fraction of sp³-hybridized carbons (Fsp3) is 0.769. The molecule has 2 atom stereocenters. The minimum Gasteiger partial charge on any atom is -0.312 e. The first-order valence-corrected chi connectivity index (χ1v) is 8.66. The zero-order valence-corrected chi connectivity index (χ0v) is 13.1. The second kappa shape index (κ2) is 6.89. The van der Waals surface area contributed by atoms with E-state index in [-0.39, 0.29) is 0 Å². The largest absolute Gasteiger partial charge is 0.312 e. The minimum atomic E-state index is 0.526. The number of aryl methyl sites for hydroxylation is 1. The monoisotopic (exact) mass is 285 g/mol. The van der Waals surface area contributed by atoms with Crippen LogP contribution in [0.1, 0.15) is 17.6 Å². The third kappa shape index (κ3) is 3.70. The Balaban J connectivity index is 2.02. The number of hydrogen-bond donors (Lipinski definition) is 1. The predicted molar refractivity (Wildman–Crippen MR) is 81.8 cm³/mol. The predicted octanol–water partition coefficient (Wildman–Crippen LogP) is 2.02. The summed E-state index contributed by atoms with van der Waals surface area (Å²) in [4.78, 5) is 7.11. The average Bonchev–Trinajstić information content (AvgIpc) is 2.75. The Hall–Kier alpha value is -0.100. The first-order chi connectivity index (χ1) is 8.70. The van der Waals surface area contributed by atoms with E-state index in [1.165, 1.54) is 23.1 Å². The van der Waals surface area contributed by atoms with Crippen LogP contribution in [-0.4, -0.2) is 53.6 Å². The van der Waals surface area contributed by atoms with Crippen molar-refractivity contribution < 1.29 is 0 Å². The van der Waals surface area contributed by atoms with Crippen molar-refractivity contribution in [2.75, 3.05) is 31.6 Å². The van der Waals surface area contributed by atoms with Gasteiger partial charge in [-0.25, -0.2) is 4.98 Å². The molecular weight excluding hydrogens is 262 g/mol. The maximum Gasteiger partial charge on any atom is 0.0944 e. The van der Waals surface area contributed by atoms with Gasteiger partial charge in [0.05, 0.1) is 5.01 Å². The summed E-state index contributed by atoms with van der Waals surface area (Å²) in [5, 5.41) is 7.07. The van der Waals surface area contributed by atoms with Crippen molar-refractivity contribution in [2.45, 2.75) is 32.4 Å². The Morgan fingerprint density at radius 3 is 3.06 bits per heavy atom. The summed E-state index contributed by atoms with van der Waals surface area (Å²) in [5.41, 5.74) is 1.15. The van der Waals surface area contributed by atoms with Crippen LogP contribution < -0.4 is 5.32 Å². The van der Waals surface area contributed by atoms with E-state index in [2.05, 4.69) is 53.2 Å². The topological polar surface area (TPSA) is 28.2 Å². The molecule has 1 saturated heterocycles. The van der Waals surface area contributed by atoms with Crippen LogP contribution in [0.15, 0.2) is 5.38 Å². The van der Waals surface area contributed by atoms with E-state index in [9.17, 15) is 0 Å². The van der Waals surface area contributed by atoms with Gasteiger partial charge in [-0.05, 0) is 20.5 Å². The molecule has 3 nitrogen and oxygen atoms in total. The Bertz CT molecular complexity index is 367. The SMILES string of the molecule is CCNC(Cc1nc(C)cs1)C1CSCCN1C. The van der Waals surface area contributed by atoms with Crippen LogP contribution >= 0.6 is 23.1 Å². The van der Waals surface area contributed by atoms with Crippen molar-refractivity contribution in [3.05, 3.63) is 16.1 Å². The molecule has 0 saturated carbocycles. The zero-order valence-electron chi connectivity index (χ0n) is 11.5. The van der Waals surface area contributed by atoms with E-state index in [1.807, 2.05) is 0 Å². The number of thioether (sulfide) groups is 1. The van der Waals surface area contributed by atoms with E-state index < -0.39 is 0 Å². The summed E-state index contributed by atoms with van der Waals surface area (Å²) in [7, 11) is 2.25. The number of rotatable bonds is 5. The van der Waals surface area contributed by atoms with Crippen molar-refractivity contribution >= 4 is 23.1 Å². The molecular formula is C13H23N3S2. The molecule has 1 N–H and O–H groups in total. The molecule has 1 fully saturated rings. The van der Waals surface area contributed by atoms with Crippen molar-refractivity contribution in [1.82, 2.24) is 15.2 Å². The summed E-state index contributed by atoms with van der Waals surface area (Å²) in [6.07, 6.45) is 1.06. The molecule has 0 spiro atoms. The van der Waals surface area contributed by atoms with Gasteiger partial charge in [0.25, 0.3) is 0 Å². The van der Waals surface area contributed by atoms with Crippen LogP contribution in [0.3, 0.4) is 0 Å². The van der Waals surface area contributed by atoms with Crippen LogP contribution in [0.2, 0.25) is 0 Å². The summed E-state index contributed by atoms with van der Waals surface area (Å²) in [6.45, 7) is 6.50. The van der Waals surface area contributed by atoms with Gasteiger partial charge in [-0.2, -0.15) is 11.8 Å². The van der Waals surface area contributed by atoms with Crippen LogP contribution in [0.25, 0.3) is 0 Å². The fourth-order valence-corrected chi connectivity index (χ4v) is 4.56. The van der Waals surface area contributed by atoms with E-state index in [1.54, 1.807) is 11.3 Å². The maximum absolute atomic E-state index is 4.61. The van der Waals surface area contributed by atoms with Crippen LogP contribution in [0.4, 0.5) is 0 Å². The number of nitrogens with one attached hydrogen (secondary N) is 1. The van der Waals surface area contributed by atoms with Crippen LogP contribution in [0.5, 0.6) is 0 Å². The molecule has 0 aromatic carbocycles. The number of likely N-dealkylation sites (N-methyl/N-ethyl adjacent to an activating group) is 2. The highest BCUT2D eigenvalue weighted by atomic mass is 32.2. The maximum atomic E-state index is 4.61. The average molecular weight is 285 g/mol. The molecule has 1 aliphatic rings. The molecule has 18 heavy (non-hydrogen) atoms. The van der Waals surface area contributed by atoms with Crippen molar-refractivity contribution in [3.8, 4) is 0 Å². The number of nitrogens with zero attached hydrogens (tertiary/aromatic N) is 2. The highest BCUT2D eigenvalue weighted by molar-refractivity contribution is 7.99. The van der Waals surface area contributed by atoms with E-state index in [4.69, 9.17) is 0 Å². The van der Waals surface area contributed by atoms with E-state index >= 15 is 0 Å². The standard InChI is InChI=1S/C13H23N3S2/c1-4-14-11(7-13-15-10(2)8-18-13)12-9-17-6-5-16(12)3/h8,11-12,14H,4-7,9H2,1-3H3. The minimum absolute atomic E-state index is 0.526. The Morgan fingerprint density at radius 2 is 2.44 bits per heavy atom. The lowest BCUT2D eigenvalue weighted by Gasteiger charge is -2.37. The lowest BCUT2D eigenvalue weighted by Crippen LogP contribution is -2.53. The molecule has 1 aromatic rings. The molecule has 1 aromatic heterocycles. The summed E-state index contributed by atoms with van der Waals surface area (Å²) >= 11 is 3.87. The van der Waals surface area contributed by atoms with Gasteiger partial charge in [0, 0.05) is 47.6 Å². The molecule has 0 radical (unpaired) electrons. The van der Waals surface area contributed by atoms with Gasteiger partial charge in [0.2, 0.25) is 0 Å². The third-order valence-corrected chi connectivity index (χ3v) is 5.47. The third-order valence-electron chi connectivity index (χ3n) is 3.43. The Kier molecular flexibility index (Phi) is 5.48. The molecule has 102 valence electrons. The zero-order chi connectivity index (χ0) is 13.0. The molecule has 0 amide bonds. The normalized spacial score (nSPS) is 23.2. The summed E-state index contributed by atoms with van der Waals surface area (Å²) in [5.74, 6) is 2.50. The second-order valence-corrected chi connectivity index (χ2v) is 6.97. The van der Waals surface area contributed by atoms with Crippen LogP contribution in [0, 0.1) is 6.92 Å². The highest BCUT2D eigenvalue weighted by Gasteiger charge is 2.28. The van der Waals surface area contributed by atoms with Gasteiger partial charge in [0.1, 0.15) is 0 Å². The van der Waals surface area contributed by atoms with Gasteiger partial charge in [-0.3, -0.25) is 0 Å². The first-order valence-electron chi connectivity index (χ1n) is 6.63. The summed E-state index contributed by atoms with van der Waals surface area (Å²) < 4.78 is 0. The fourth-order valence-electron chi connectivity index (χ4n) is 2.42. The van der Waals surface area contributed by atoms with Gasteiger partial charge >= 0.3 is 0 Å². The van der Waals surface area contributed by atoms with Gasteiger partial charge in [-0.15, -0.1) is 11.3 Å².